The Balaban J connectivity index is 2.38. The molecule has 2 aliphatic rings. The van der Waals surface area contributed by atoms with Crippen molar-refractivity contribution in [3.8, 4) is 0 Å². The summed E-state index contributed by atoms with van der Waals surface area (Å²) in [5.74, 6) is -0.503. The minimum absolute atomic E-state index is 0.00719. The SMILES string of the molecule is CN[C@@H](C)[C@@H](O)[C@H](OCCO)O[C@@H]1[C@@H](O)[C@H](O[C@H]2OC(CN)=CC[C@H]2N=C(N)N)[C@@H](N)C[C@H]1NC(=O)[C@@H](O)CCN. The molecule has 0 radical (unpaired) electrons. The molecule has 0 bridgehead atoms. The Morgan fingerprint density at radius 1 is 1.27 bits per heavy atom. The molecule has 1 amide bonds. The Kier molecular flexibility index (Phi) is 14.6. The second kappa shape index (κ2) is 17.1. The number of hydrogen-bond donors (Lipinski definition) is 11. The molecule has 41 heavy (non-hydrogen) atoms. The van der Waals surface area contributed by atoms with E-state index in [1.807, 2.05) is 0 Å². The van der Waals surface area contributed by atoms with Crippen LogP contribution in [-0.4, -0.2) is 133 Å². The van der Waals surface area contributed by atoms with Crippen molar-refractivity contribution in [3.63, 3.8) is 0 Å². The summed E-state index contributed by atoms with van der Waals surface area (Å²) in [5, 5.41) is 47.4. The molecule has 1 fully saturated rings. The number of likely N-dealkylation sites (N-methyl/N-ethyl adjacent to an activating group) is 1. The zero-order valence-electron chi connectivity index (χ0n) is 23.5. The molecule has 0 aromatic carbocycles. The third kappa shape index (κ3) is 9.97. The number of nitrogens with one attached hydrogen (secondary N) is 2. The largest absolute Gasteiger partial charge is 0.466 e. The summed E-state index contributed by atoms with van der Waals surface area (Å²) in [6, 6.07) is -3.00. The van der Waals surface area contributed by atoms with Gasteiger partial charge < -0.3 is 78.7 Å². The number of hydrogen-bond acceptors (Lipinski definition) is 14. The number of ether oxygens (including phenoxy) is 4. The maximum absolute atomic E-state index is 12.7. The molecule has 11 atom stereocenters. The first-order valence-corrected chi connectivity index (χ1v) is 13.6. The third-order valence-electron chi connectivity index (χ3n) is 6.98. The fourth-order valence-electron chi connectivity index (χ4n) is 4.60. The van der Waals surface area contributed by atoms with Gasteiger partial charge in [0.1, 0.15) is 42.3 Å². The van der Waals surface area contributed by atoms with Gasteiger partial charge in [-0.15, -0.1) is 0 Å². The van der Waals surface area contributed by atoms with E-state index >= 15 is 0 Å². The fraction of sp³-hybridized carbons (Fsp3) is 0.833. The van der Waals surface area contributed by atoms with Crippen LogP contribution in [0.5, 0.6) is 0 Å². The molecule has 1 aliphatic carbocycles. The van der Waals surface area contributed by atoms with E-state index in [4.69, 9.17) is 47.6 Å². The number of nitrogens with two attached hydrogens (primary N) is 5. The summed E-state index contributed by atoms with van der Waals surface area (Å²) in [6.07, 6.45) is -6.87. The Morgan fingerprint density at radius 3 is 2.56 bits per heavy atom. The molecule has 0 spiro atoms. The summed E-state index contributed by atoms with van der Waals surface area (Å²) >= 11 is 0. The molecular formula is C24H48N8O9. The van der Waals surface area contributed by atoms with Crippen LogP contribution >= 0.6 is 0 Å². The highest BCUT2D eigenvalue weighted by Crippen LogP contribution is 2.30. The molecular weight excluding hydrogens is 544 g/mol. The van der Waals surface area contributed by atoms with Gasteiger partial charge in [0.2, 0.25) is 12.2 Å². The first-order valence-electron chi connectivity index (χ1n) is 13.6. The molecule has 0 saturated heterocycles. The van der Waals surface area contributed by atoms with E-state index in [0.29, 0.717) is 12.2 Å². The maximum Gasteiger partial charge on any atom is 0.249 e. The molecule has 17 nitrogen and oxygen atoms in total. The standard InChI is InChI=1S/C24H48N8O9/c1-11(30-2)17(35)23(38-8-7-33)41-20-15(31-21(37)16(34)5-6-25)9-13(27)19(18(20)36)40-22-14(32-24(28)29)4-3-12(10-26)39-22/h3,11,13-20,22-23,30,33-36H,4-10,25-27H2,1-2H3,(H,31,37)(H4,28,29,32)/t11-,13-,14+,15+,16-,17+,18-,19+,20-,22+,23+/m0/s1. The van der Waals surface area contributed by atoms with Crippen LogP contribution in [0.1, 0.15) is 26.2 Å². The van der Waals surface area contributed by atoms with Gasteiger partial charge in [-0.3, -0.25) is 4.79 Å². The Hall–Kier alpha value is -2.16. The second-order valence-corrected chi connectivity index (χ2v) is 10.0. The number of nitrogens with zero attached hydrogens (tertiary/aromatic N) is 1. The first kappa shape index (κ1) is 35.0. The van der Waals surface area contributed by atoms with Crippen LogP contribution in [0.15, 0.2) is 16.8 Å². The first-order chi connectivity index (χ1) is 19.5. The molecule has 16 N–H and O–H groups in total. The van der Waals surface area contributed by atoms with E-state index in [9.17, 15) is 25.2 Å². The van der Waals surface area contributed by atoms with Gasteiger partial charge in [0.15, 0.2) is 12.2 Å². The molecule has 238 valence electrons. The maximum atomic E-state index is 12.7. The van der Waals surface area contributed by atoms with Gasteiger partial charge in [0.25, 0.3) is 0 Å². The molecule has 17 heteroatoms. The van der Waals surface area contributed by atoms with Crippen LogP contribution in [0.4, 0.5) is 0 Å². The molecule has 2 rings (SSSR count). The molecule has 0 aromatic rings. The summed E-state index contributed by atoms with van der Waals surface area (Å²) in [4.78, 5) is 16.8. The van der Waals surface area contributed by atoms with Gasteiger partial charge in [-0.05, 0) is 45.9 Å². The summed E-state index contributed by atoms with van der Waals surface area (Å²) < 4.78 is 23.6. The number of carbonyl (C=O) groups excluding carboxylic acids is 1. The van der Waals surface area contributed by atoms with Crippen molar-refractivity contribution < 1.29 is 44.2 Å². The Labute approximate surface area is 239 Å². The van der Waals surface area contributed by atoms with Crippen molar-refractivity contribution in [1.29, 1.82) is 0 Å². The number of rotatable bonds is 16. The predicted molar refractivity (Wildman–Crippen MR) is 148 cm³/mol. The van der Waals surface area contributed by atoms with Crippen LogP contribution in [0, 0.1) is 0 Å². The van der Waals surface area contributed by atoms with E-state index in [-0.39, 0.29) is 45.1 Å². The van der Waals surface area contributed by atoms with Gasteiger partial charge in [-0.2, -0.15) is 0 Å². The van der Waals surface area contributed by atoms with Gasteiger partial charge in [-0.25, -0.2) is 4.99 Å². The van der Waals surface area contributed by atoms with Gasteiger partial charge in [-0.1, -0.05) is 0 Å². The van der Waals surface area contributed by atoms with Crippen LogP contribution in [-0.2, 0) is 23.7 Å². The minimum Gasteiger partial charge on any atom is -0.466 e. The van der Waals surface area contributed by atoms with Gasteiger partial charge >= 0.3 is 0 Å². The van der Waals surface area contributed by atoms with E-state index in [1.165, 1.54) is 0 Å². The zero-order chi connectivity index (χ0) is 30.7. The molecule has 1 aliphatic heterocycles. The zero-order valence-corrected chi connectivity index (χ0v) is 23.5. The average Bonchev–Trinajstić information content (AvgIpc) is 2.94. The van der Waals surface area contributed by atoms with E-state index in [1.54, 1.807) is 20.0 Å². The summed E-state index contributed by atoms with van der Waals surface area (Å²) in [7, 11) is 1.62. The van der Waals surface area contributed by atoms with Crippen LogP contribution in [0.2, 0.25) is 0 Å². The highest BCUT2D eigenvalue weighted by Gasteiger charge is 2.49. The third-order valence-corrected chi connectivity index (χ3v) is 6.98. The molecule has 1 heterocycles. The smallest absolute Gasteiger partial charge is 0.249 e. The highest BCUT2D eigenvalue weighted by molar-refractivity contribution is 5.80. The topological polar surface area (TPSA) is 301 Å². The van der Waals surface area contributed by atoms with Gasteiger partial charge in [0.05, 0.1) is 25.8 Å². The van der Waals surface area contributed by atoms with Crippen molar-refractivity contribution in [2.75, 3.05) is 33.4 Å². The summed E-state index contributed by atoms with van der Waals surface area (Å²) in [5.41, 5.74) is 28.8. The lowest BCUT2D eigenvalue weighted by Crippen LogP contribution is -2.67. The minimum atomic E-state index is -1.51. The number of guanidine groups is 1. The van der Waals surface area contributed by atoms with Crippen LogP contribution in [0.25, 0.3) is 0 Å². The van der Waals surface area contributed by atoms with Crippen molar-refractivity contribution in [2.45, 2.75) is 93.5 Å². The van der Waals surface area contributed by atoms with Gasteiger partial charge in [0, 0.05) is 12.1 Å². The lowest BCUT2D eigenvalue weighted by molar-refractivity contribution is -0.272. The average molecular weight is 593 g/mol. The van der Waals surface area contributed by atoms with Crippen LogP contribution < -0.4 is 39.3 Å². The van der Waals surface area contributed by atoms with Crippen molar-refractivity contribution in [1.82, 2.24) is 10.6 Å². The quantitative estimate of drug-likeness (QED) is 0.0452. The van der Waals surface area contributed by atoms with Crippen molar-refractivity contribution in [2.24, 2.45) is 33.7 Å². The fourth-order valence-corrected chi connectivity index (χ4v) is 4.60. The van der Waals surface area contributed by atoms with E-state index in [0.717, 1.165) is 0 Å². The number of aliphatic hydroxyl groups is 4. The molecule has 1 saturated carbocycles. The number of aliphatic imine (C=N–C) groups is 1. The number of carbonyl (C=O) groups is 1. The number of amides is 1. The molecule has 0 unspecified atom stereocenters. The second-order valence-electron chi connectivity index (χ2n) is 10.0. The van der Waals surface area contributed by atoms with Crippen molar-refractivity contribution >= 4 is 11.9 Å². The normalized spacial score (nSPS) is 31.2. The van der Waals surface area contributed by atoms with E-state index < -0.39 is 73.2 Å². The predicted octanol–water partition coefficient (Wildman–Crippen LogP) is -5.42. The van der Waals surface area contributed by atoms with E-state index in [2.05, 4.69) is 15.6 Å². The monoisotopic (exact) mass is 592 g/mol. The Bertz CT molecular complexity index is 865. The lowest BCUT2D eigenvalue weighted by atomic mass is 9.83. The summed E-state index contributed by atoms with van der Waals surface area (Å²) in [6.45, 7) is 1.29. The Morgan fingerprint density at radius 2 is 1.98 bits per heavy atom. The molecule has 0 aromatic heterocycles. The van der Waals surface area contributed by atoms with Crippen LogP contribution in [0.3, 0.4) is 0 Å². The van der Waals surface area contributed by atoms with Crippen molar-refractivity contribution in [3.05, 3.63) is 11.8 Å². The lowest BCUT2D eigenvalue weighted by Gasteiger charge is -2.46. The number of aliphatic hydroxyl groups excluding tert-OH is 4. The highest BCUT2D eigenvalue weighted by atomic mass is 16.7.